The van der Waals surface area contributed by atoms with Crippen LogP contribution in [-0.2, 0) is 16.0 Å². The second-order valence-corrected chi connectivity index (χ2v) is 6.08. The van der Waals surface area contributed by atoms with Crippen molar-refractivity contribution in [2.45, 2.75) is 19.4 Å². The first-order valence-electron chi connectivity index (χ1n) is 7.49. The minimum Gasteiger partial charge on any atom is -0.452 e. The first-order valence-corrected chi connectivity index (χ1v) is 7.87. The highest BCUT2D eigenvalue weighted by atomic mass is 35.5. The van der Waals surface area contributed by atoms with Crippen molar-refractivity contribution in [3.63, 3.8) is 0 Å². The molecule has 0 unspecified atom stereocenters. The first kappa shape index (κ1) is 16.5. The van der Waals surface area contributed by atoms with E-state index < -0.39 is 18.4 Å². The third-order valence-corrected chi connectivity index (χ3v) is 4.19. The molecule has 6 heteroatoms. The molecule has 2 aromatic carbocycles. The lowest BCUT2D eigenvalue weighted by Crippen LogP contribution is -2.38. The molecule has 2 aromatic rings. The van der Waals surface area contributed by atoms with Crippen LogP contribution in [0, 0.1) is 5.82 Å². The summed E-state index contributed by atoms with van der Waals surface area (Å²) < 4.78 is 18.6. The van der Waals surface area contributed by atoms with Crippen molar-refractivity contribution in [2.75, 3.05) is 11.5 Å². The van der Waals surface area contributed by atoms with Gasteiger partial charge in [-0.3, -0.25) is 4.79 Å². The number of carbonyl (C=O) groups excluding carboxylic acids is 2. The summed E-state index contributed by atoms with van der Waals surface area (Å²) in [5.41, 5.74) is 1.61. The van der Waals surface area contributed by atoms with Crippen LogP contribution in [0.25, 0.3) is 0 Å². The van der Waals surface area contributed by atoms with Crippen LogP contribution in [0.3, 0.4) is 0 Å². The number of amides is 1. The maximum absolute atomic E-state index is 13.6. The number of carbonyl (C=O) groups is 2. The lowest BCUT2D eigenvalue weighted by atomic mass is 10.1. The van der Waals surface area contributed by atoms with Crippen LogP contribution in [0.5, 0.6) is 0 Å². The SMILES string of the molecule is C[C@H]1Cc2ccccc2N1C(=O)COC(=O)c1cc(Cl)ccc1F. The summed E-state index contributed by atoms with van der Waals surface area (Å²) in [5.74, 6) is -2.00. The second-order valence-electron chi connectivity index (χ2n) is 5.65. The average molecular weight is 348 g/mol. The molecule has 1 atom stereocenters. The van der Waals surface area contributed by atoms with Crippen LogP contribution in [0.2, 0.25) is 5.02 Å². The lowest BCUT2D eigenvalue weighted by molar-refractivity contribution is -0.122. The van der Waals surface area contributed by atoms with E-state index in [1.807, 2.05) is 31.2 Å². The predicted molar refractivity (Wildman–Crippen MR) is 88.8 cm³/mol. The van der Waals surface area contributed by atoms with Crippen LogP contribution < -0.4 is 4.90 Å². The van der Waals surface area contributed by atoms with E-state index in [1.165, 1.54) is 12.1 Å². The first-order chi connectivity index (χ1) is 11.5. The Morgan fingerprint density at radius 3 is 2.83 bits per heavy atom. The third-order valence-electron chi connectivity index (χ3n) is 3.95. The minimum absolute atomic E-state index is 0.0171. The van der Waals surface area contributed by atoms with Crippen LogP contribution in [0.15, 0.2) is 42.5 Å². The quantitative estimate of drug-likeness (QED) is 0.797. The lowest BCUT2D eigenvalue weighted by Gasteiger charge is -2.22. The summed E-state index contributed by atoms with van der Waals surface area (Å²) in [5, 5.41) is 0.219. The van der Waals surface area contributed by atoms with Gasteiger partial charge >= 0.3 is 5.97 Å². The van der Waals surface area contributed by atoms with Gasteiger partial charge in [-0.15, -0.1) is 0 Å². The standard InChI is InChI=1S/C18H15ClFNO3/c1-11-8-12-4-2-3-5-16(12)21(11)17(22)10-24-18(23)14-9-13(19)6-7-15(14)20/h2-7,9,11H,8,10H2,1H3/t11-/m0/s1. The average Bonchev–Trinajstić information content (AvgIpc) is 2.90. The molecule has 0 saturated carbocycles. The van der Waals surface area contributed by atoms with Crippen molar-refractivity contribution in [2.24, 2.45) is 0 Å². The highest BCUT2D eigenvalue weighted by Gasteiger charge is 2.31. The van der Waals surface area contributed by atoms with Crippen LogP contribution >= 0.6 is 11.6 Å². The Balaban J connectivity index is 1.70. The third kappa shape index (κ3) is 3.12. The number of anilines is 1. The zero-order valence-corrected chi connectivity index (χ0v) is 13.7. The van der Waals surface area contributed by atoms with E-state index in [1.54, 1.807) is 4.90 Å². The molecule has 0 aliphatic carbocycles. The molecule has 0 spiro atoms. The monoisotopic (exact) mass is 347 g/mol. The Labute approximate surface area is 143 Å². The highest BCUT2D eigenvalue weighted by molar-refractivity contribution is 6.30. The second kappa shape index (κ2) is 6.61. The molecule has 1 aliphatic heterocycles. The Morgan fingerprint density at radius 2 is 2.04 bits per heavy atom. The fourth-order valence-electron chi connectivity index (χ4n) is 2.87. The highest BCUT2D eigenvalue weighted by Crippen LogP contribution is 2.31. The number of fused-ring (bicyclic) bond motifs is 1. The molecule has 0 radical (unpaired) electrons. The van der Waals surface area contributed by atoms with Crippen molar-refractivity contribution in [3.05, 3.63) is 64.4 Å². The van der Waals surface area contributed by atoms with Gasteiger partial charge in [-0.2, -0.15) is 0 Å². The zero-order valence-electron chi connectivity index (χ0n) is 13.0. The summed E-state index contributed by atoms with van der Waals surface area (Å²) in [6.45, 7) is 1.47. The molecule has 124 valence electrons. The maximum Gasteiger partial charge on any atom is 0.341 e. The number of nitrogens with zero attached hydrogens (tertiary/aromatic N) is 1. The molecule has 1 aliphatic rings. The van der Waals surface area contributed by atoms with Crippen molar-refractivity contribution in [1.29, 1.82) is 0 Å². The van der Waals surface area contributed by atoms with E-state index in [9.17, 15) is 14.0 Å². The Hall–Kier alpha value is -2.40. The van der Waals surface area contributed by atoms with Crippen LogP contribution in [-0.4, -0.2) is 24.5 Å². The van der Waals surface area contributed by atoms with Crippen molar-refractivity contribution in [3.8, 4) is 0 Å². The molecule has 4 nitrogen and oxygen atoms in total. The fraction of sp³-hybridized carbons (Fsp3) is 0.222. The van der Waals surface area contributed by atoms with Crippen molar-refractivity contribution < 1.29 is 18.7 Å². The predicted octanol–water partition coefficient (Wildman–Crippen LogP) is 3.61. The van der Waals surface area contributed by atoms with E-state index in [-0.39, 0.29) is 22.5 Å². The summed E-state index contributed by atoms with van der Waals surface area (Å²) in [7, 11) is 0. The molecule has 0 aromatic heterocycles. The van der Waals surface area contributed by atoms with Gasteiger partial charge in [-0.1, -0.05) is 29.8 Å². The summed E-state index contributed by atoms with van der Waals surface area (Å²) in [4.78, 5) is 26.0. The Bertz CT molecular complexity index is 809. The molecule has 0 fully saturated rings. The molecule has 0 N–H and O–H groups in total. The molecule has 3 rings (SSSR count). The molecular weight excluding hydrogens is 333 g/mol. The zero-order chi connectivity index (χ0) is 17.3. The number of hydrogen-bond donors (Lipinski definition) is 0. The number of halogens is 2. The largest absolute Gasteiger partial charge is 0.452 e. The Morgan fingerprint density at radius 1 is 1.29 bits per heavy atom. The number of hydrogen-bond acceptors (Lipinski definition) is 3. The summed E-state index contributed by atoms with van der Waals surface area (Å²) >= 11 is 5.75. The van der Waals surface area contributed by atoms with Crippen molar-refractivity contribution in [1.82, 2.24) is 0 Å². The maximum atomic E-state index is 13.6. The van der Waals surface area contributed by atoms with Gasteiger partial charge in [0.1, 0.15) is 5.82 Å². The smallest absolute Gasteiger partial charge is 0.341 e. The van der Waals surface area contributed by atoms with Gasteiger partial charge in [0.2, 0.25) is 0 Å². The minimum atomic E-state index is -0.913. The van der Waals surface area contributed by atoms with Gasteiger partial charge < -0.3 is 9.64 Å². The van der Waals surface area contributed by atoms with Crippen LogP contribution in [0.1, 0.15) is 22.8 Å². The normalized spacial score (nSPS) is 16.0. The molecule has 24 heavy (non-hydrogen) atoms. The van der Waals surface area contributed by atoms with Gasteiger partial charge in [0.15, 0.2) is 6.61 Å². The van der Waals surface area contributed by atoms with Gasteiger partial charge in [0.05, 0.1) is 5.56 Å². The number of ether oxygens (including phenoxy) is 1. The molecular formula is C18H15ClFNO3. The van der Waals surface area contributed by atoms with E-state index >= 15 is 0 Å². The molecule has 0 saturated heterocycles. The van der Waals surface area contributed by atoms with E-state index in [0.29, 0.717) is 0 Å². The van der Waals surface area contributed by atoms with E-state index in [0.717, 1.165) is 23.7 Å². The molecule has 1 heterocycles. The molecule has 1 amide bonds. The van der Waals surface area contributed by atoms with Crippen molar-refractivity contribution >= 4 is 29.2 Å². The van der Waals surface area contributed by atoms with Crippen LogP contribution in [0.4, 0.5) is 10.1 Å². The number of benzene rings is 2. The van der Waals surface area contributed by atoms with Gasteiger partial charge in [0.25, 0.3) is 5.91 Å². The number of esters is 1. The number of para-hydroxylation sites is 1. The summed E-state index contributed by atoms with van der Waals surface area (Å²) in [6, 6.07) is 11.2. The topological polar surface area (TPSA) is 46.6 Å². The van der Waals surface area contributed by atoms with Gasteiger partial charge in [0, 0.05) is 16.8 Å². The van der Waals surface area contributed by atoms with E-state index in [4.69, 9.17) is 16.3 Å². The fourth-order valence-corrected chi connectivity index (χ4v) is 3.05. The van der Waals surface area contributed by atoms with E-state index in [2.05, 4.69) is 0 Å². The van der Waals surface area contributed by atoms with Gasteiger partial charge in [-0.25, -0.2) is 9.18 Å². The number of rotatable bonds is 3. The molecule has 0 bridgehead atoms. The Kier molecular flexibility index (Phi) is 4.53. The summed E-state index contributed by atoms with van der Waals surface area (Å²) in [6.07, 6.45) is 0.749. The van der Waals surface area contributed by atoms with Gasteiger partial charge in [-0.05, 0) is 43.2 Å².